The summed E-state index contributed by atoms with van der Waals surface area (Å²) in [5.41, 5.74) is 0. The molecule has 16 nitrogen and oxygen atoms in total. The first-order valence-corrected chi connectivity index (χ1v) is 13.2. The summed E-state index contributed by atoms with van der Waals surface area (Å²) >= 11 is 0. The zero-order chi connectivity index (χ0) is 30.8. The average Bonchev–Trinajstić information content (AvgIpc) is 2.93. The number of unbranched alkanes of at least 4 members (excludes halogenated alkanes) is 9. The Morgan fingerprint density at radius 3 is 0.875 bits per heavy atom. The first-order valence-electron chi connectivity index (χ1n) is 13.2. The van der Waals surface area contributed by atoms with Crippen LogP contribution in [0.5, 0.6) is 0 Å². The third kappa shape index (κ3) is 14.3. The molecule has 0 aliphatic carbocycles. The van der Waals surface area contributed by atoms with Gasteiger partial charge >= 0.3 is 11.9 Å². The largest absolute Gasteiger partial charge is 0.479 e. The summed E-state index contributed by atoms with van der Waals surface area (Å²) in [5, 5.41) is 97.9. The van der Waals surface area contributed by atoms with Crippen LogP contribution in [0.25, 0.3) is 0 Å². The Bertz CT molecular complexity index is 708. The maximum absolute atomic E-state index is 11.8. The minimum atomic E-state index is -2.35. The van der Waals surface area contributed by atoms with Crippen molar-refractivity contribution in [1.29, 1.82) is 0 Å². The van der Waals surface area contributed by atoms with Crippen LogP contribution < -0.4 is 10.6 Å². The van der Waals surface area contributed by atoms with E-state index >= 15 is 0 Å². The Kier molecular flexibility index (Phi) is 19.2. The number of aliphatic hydroxyl groups excluding tert-OH is 8. The Labute approximate surface area is 231 Å². The second-order valence-electron chi connectivity index (χ2n) is 9.54. The molecule has 0 radical (unpaired) electrons. The molecule has 0 aromatic carbocycles. The minimum Gasteiger partial charge on any atom is -0.479 e. The van der Waals surface area contributed by atoms with Crippen molar-refractivity contribution in [2.75, 3.05) is 13.1 Å². The molecule has 0 aliphatic heterocycles. The smallest absolute Gasteiger partial charge is 0.335 e. The molecule has 8 atom stereocenters. The SMILES string of the molecule is O=C(NCCCCCCCCCCCCNC(=O)[C@@H](O)[C@@H](O)[C@H](O)[C@@H](O)C(=O)O)[C@@H](O)[C@@H](O)[C@H](O)[C@@H](O)C(=O)O. The van der Waals surface area contributed by atoms with Gasteiger partial charge in [0.25, 0.3) is 11.8 Å². The quantitative estimate of drug-likeness (QED) is 0.0512. The van der Waals surface area contributed by atoms with Crippen LogP contribution in [0.15, 0.2) is 0 Å². The zero-order valence-corrected chi connectivity index (χ0v) is 22.2. The molecule has 0 spiro atoms. The first-order chi connectivity index (χ1) is 18.7. The lowest BCUT2D eigenvalue weighted by atomic mass is 10.0. The number of carbonyl (C=O) groups excluding carboxylic acids is 2. The lowest BCUT2D eigenvalue weighted by molar-refractivity contribution is -0.166. The summed E-state index contributed by atoms with van der Waals surface area (Å²) in [6.07, 6.45) is -9.16. The molecule has 0 saturated heterocycles. The number of amides is 2. The number of rotatable bonds is 23. The fraction of sp³-hybridized carbons (Fsp3) is 0.833. The molecule has 40 heavy (non-hydrogen) atoms. The second kappa shape index (κ2) is 20.4. The van der Waals surface area contributed by atoms with Crippen LogP contribution in [0, 0.1) is 0 Å². The monoisotopic (exact) mass is 584 g/mol. The number of aliphatic carboxylic acids is 2. The molecule has 0 bridgehead atoms. The van der Waals surface area contributed by atoms with Crippen molar-refractivity contribution in [2.24, 2.45) is 0 Å². The van der Waals surface area contributed by atoms with Gasteiger partial charge in [-0.05, 0) is 12.8 Å². The van der Waals surface area contributed by atoms with Crippen molar-refractivity contribution < 1.29 is 70.2 Å². The fourth-order valence-electron chi connectivity index (χ4n) is 3.65. The number of carboxylic acid groups (broad SMARTS) is 2. The van der Waals surface area contributed by atoms with Crippen LogP contribution in [-0.2, 0) is 19.2 Å². The van der Waals surface area contributed by atoms with Gasteiger partial charge < -0.3 is 61.7 Å². The van der Waals surface area contributed by atoms with Crippen LogP contribution in [0.3, 0.4) is 0 Å². The number of nitrogens with one attached hydrogen (secondary N) is 2. The van der Waals surface area contributed by atoms with E-state index in [0.29, 0.717) is 12.8 Å². The van der Waals surface area contributed by atoms with Gasteiger partial charge in [-0.15, -0.1) is 0 Å². The van der Waals surface area contributed by atoms with Gasteiger partial charge in [-0.1, -0.05) is 51.4 Å². The maximum Gasteiger partial charge on any atom is 0.335 e. The van der Waals surface area contributed by atoms with Gasteiger partial charge in [0.05, 0.1) is 0 Å². The Morgan fingerprint density at radius 1 is 0.400 bits per heavy atom. The van der Waals surface area contributed by atoms with Crippen molar-refractivity contribution >= 4 is 23.8 Å². The van der Waals surface area contributed by atoms with E-state index in [4.69, 9.17) is 10.2 Å². The van der Waals surface area contributed by atoms with Crippen molar-refractivity contribution in [3.8, 4) is 0 Å². The highest BCUT2D eigenvalue weighted by molar-refractivity contribution is 5.82. The summed E-state index contributed by atoms with van der Waals surface area (Å²) in [6, 6.07) is 0. The van der Waals surface area contributed by atoms with Gasteiger partial charge in [0.15, 0.2) is 24.4 Å². The zero-order valence-electron chi connectivity index (χ0n) is 22.2. The molecule has 0 saturated carbocycles. The van der Waals surface area contributed by atoms with Gasteiger partial charge in [-0.3, -0.25) is 9.59 Å². The van der Waals surface area contributed by atoms with E-state index in [2.05, 4.69) is 10.6 Å². The Balaban J connectivity index is 3.78. The van der Waals surface area contributed by atoms with E-state index in [0.717, 1.165) is 51.4 Å². The molecule has 234 valence electrons. The van der Waals surface area contributed by atoms with E-state index in [1.165, 1.54) is 0 Å². The number of hydrogen-bond donors (Lipinski definition) is 12. The lowest BCUT2D eigenvalue weighted by Crippen LogP contribution is -2.52. The van der Waals surface area contributed by atoms with Crippen LogP contribution in [0.2, 0.25) is 0 Å². The van der Waals surface area contributed by atoms with Gasteiger partial charge in [0, 0.05) is 13.1 Å². The Hall–Kier alpha value is -2.44. The molecule has 2 amide bonds. The average molecular weight is 585 g/mol. The number of aliphatic hydroxyl groups is 8. The first kappa shape index (κ1) is 37.6. The molecule has 12 N–H and O–H groups in total. The molecule has 0 unspecified atom stereocenters. The van der Waals surface area contributed by atoms with Crippen molar-refractivity contribution in [2.45, 2.75) is 113 Å². The second-order valence-corrected chi connectivity index (χ2v) is 9.54. The van der Waals surface area contributed by atoms with E-state index in [9.17, 15) is 60.0 Å². The predicted octanol–water partition coefficient (Wildman–Crippen LogP) is -3.82. The van der Waals surface area contributed by atoms with Crippen LogP contribution in [0.4, 0.5) is 0 Å². The van der Waals surface area contributed by atoms with Gasteiger partial charge in [-0.2, -0.15) is 0 Å². The van der Waals surface area contributed by atoms with E-state index in [-0.39, 0.29) is 13.1 Å². The molecule has 16 heteroatoms. The van der Waals surface area contributed by atoms with Crippen LogP contribution in [-0.4, -0.2) is 137 Å². The summed E-state index contributed by atoms with van der Waals surface area (Å²) < 4.78 is 0. The van der Waals surface area contributed by atoms with Crippen molar-refractivity contribution in [1.82, 2.24) is 10.6 Å². The number of carboxylic acids is 2. The summed E-state index contributed by atoms with van der Waals surface area (Å²) in [6.45, 7) is 0.412. The molecule has 0 aromatic rings. The minimum absolute atomic E-state index is 0.206. The van der Waals surface area contributed by atoms with Crippen LogP contribution in [0.1, 0.15) is 64.2 Å². The highest BCUT2D eigenvalue weighted by Crippen LogP contribution is 2.11. The summed E-state index contributed by atoms with van der Waals surface area (Å²) in [5.74, 6) is -5.60. The topological polar surface area (TPSA) is 295 Å². The highest BCUT2D eigenvalue weighted by atomic mass is 16.4. The van der Waals surface area contributed by atoms with Crippen molar-refractivity contribution in [3.05, 3.63) is 0 Å². The molecular weight excluding hydrogens is 540 g/mol. The summed E-state index contributed by atoms with van der Waals surface area (Å²) in [4.78, 5) is 44.8. The molecular formula is C24H44N2O14. The van der Waals surface area contributed by atoms with Gasteiger partial charge in [-0.25, -0.2) is 9.59 Å². The maximum atomic E-state index is 11.8. The lowest BCUT2D eigenvalue weighted by Gasteiger charge is -2.23. The number of hydrogen-bond acceptors (Lipinski definition) is 12. The summed E-state index contributed by atoms with van der Waals surface area (Å²) in [7, 11) is 0. The van der Waals surface area contributed by atoms with E-state index < -0.39 is 72.6 Å². The van der Waals surface area contributed by atoms with Crippen molar-refractivity contribution in [3.63, 3.8) is 0 Å². The normalized spacial score (nSPS) is 17.5. The molecule has 0 aliphatic rings. The van der Waals surface area contributed by atoms with Gasteiger partial charge in [0.2, 0.25) is 0 Å². The molecule has 0 aromatic heterocycles. The van der Waals surface area contributed by atoms with E-state index in [1.807, 2.05) is 0 Å². The third-order valence-electron chi connectivity index (χ3n) is 6.24. The van der Waals surface area contributed by atoms with Crippen LogP contribution >= 0.6 is 0 Å². The van der Waals surface area contributed by atoms with E-state index in [1.54, 1.807) is 0 Å². The molecule has 0 rings (SSSR count). The Morgan fingerprint density at radius 2 is 0.625 bits per heavy atom. The standard InChI is InChI=1S/C24H44N2O14/c27-13(15(29)19(33)23(37)38)17(31)21(35)25-11-9-7-5-3-1-2-4-6-8-10-12-26-22(36)18(32)14(28)16(30)20(34)24(39)40/h13-20,27-34H,1-12H2,(H,25,35)(H,26,36)(H,37,38)(H,39,40)/t13-,14-,15-,16-,17-,18-,19+,20+/m0/s1. The fourth-order valence-corrected chi connectivity index (χ4v) is 3.65. The molecule has 0 heterocycles. The number of carbonyl (C=O) groups is 4. The third-order valence-corrected chi connectivity index (χ3v) is 6.24. The highest BCUT2D eigenvalue weighted by Gasteiger charge is 2.38. The van der Waals surface area contributed by atoms with Gasteiger partial charge in [0.1, 0.15) is 24.4 Å². The predicted molar refractivity (Wildman–Crippen MR) is 136 cm³/mol. The molecule has 0 fully saturated rings.